The standard InChI is InChI=1S/C19H21Cl2FN4O4/c1-19(29,8-4-5-9(20)10(21)6-8)15-13(27)14(28)18(30-15)26-7-11(22)12(16(23)24-2)17(26)25-3/h4-7,13-15,18,27-29H,3H2,1-2H3,(H2,23,24)/t13-,14+,15-,18+,19+/m0/s1. The molecule has 2 aromatic rings. The number of aliphatic hydroxyl groups is 3. The third-order valence-corrected chi connectivity index (χ3v) is 5.92. The van der Waals surface area contributed by atoms with Crippen LogP contribution < -0.4 is 5.73 Å². The van der Waals surface area contributed by atoms with Crippen molar-refractivity contribution < 1.29 is 24.4 Å². The molecule has 1 fully saturated rings. The average Bonchev–Trinajstić information content (AvgIpc) is 3.19. The van der Waals surface area contributed by atoms with E-state index in [0.29, 0.717) is 5.56 Å². The van der Waals surface area contributed by atoms with E-state index >= 15 is 0 Å². The van der Waals surface area contributed by atoms with Crippen LogP contribution in [-0.2, 0) is 10.3 Å². The van der Waals surface area contributed by atoms with Crippen molar-refractivity contribution in [2.45, 2.75) is 37.1 Å². The Bertz CT molecular complexity index is 1010. The van der Waals surface area contributed by atoms with Crippen molar-refractivity contribution in [3.05, 3.63) is 51.4 Å². The highest BCUT2D eigenvalue weighted by Crippen LogP contribution is 2.42. The Morgan fingerprint density at radius 2 is 1.97 bits per heavy atom. The second kappa shape index (κ2) is 8.26. The third kappa shape index (κ3) is 3.62. The van der Waals surface area contributed by atoms with Gasteiger partial charge in [-0.3, -0.25) is 4.99 Å². The normalized spacial score (nSPS) is 26.6. The van der Waals surface area contributed by atoms with Crippen molar-refractivity contribution in [1.29, 1.82) is 0 Å². The highest BCUT2D eigenvalue weighted by Gasteiger charge is 2.52. The predicted molar refractivity (Wildman–Crippen MR) is 112 cm³/mol. The lowest BCUT2D eigenvalue weighted by molar-refractivity contribution is -0.136. The van der Waals surface area contributed by atoms with Crippen molar-refractivity contribution in [2.24, 2.45) is 15.7 Å². The quantitative estimate of drug-likeness (QED) is 0.403. The van der Waals surface area contributed by atoms with Gasteiger partial charge in [0.15, 0.2) is 12.0 Å². The minimum Gasteiger partial charge on any atom is -0.387 e. The van der Waals surface area contributed by atoms with Crippen molar-refractivity contribution >= 4 is 41.6 Å². The number of amidine groups is 1. The van der Waals surface area contributed by atoms with Gasteiger partial charge in [-0.1, -0.05) is 29.3 Å². The predicted octanol–water partition coefficient (Wildman–Crippen LogP) is 2.13. The molecule has 0 bridgehead atoms. The Hall–Kier alpha value is -2.01. The zero-order chi connectivity index (χ0) is 22.4. The summed E-state index contributed by atoms with van der Waals surface area (Å²) < 4.78 is 21.4. The minimum absolute atomic E-state index is 0.0401. The van der Waals surface area contributed by atoms with Crippen LogP contribution in [0, 0.1) is 5.82 Å². The Kier molecular flexibility index (Phi) is 6.24. The van der Waals surface area contributed by atoms with Crippen LogP contribution in [0.1, 0.15) is 24.3 Å². The minimum atomic E-state index is -1.77. The van der Waals surface area contributed by atoms with E-state index in [2.05, 4.69) is 16.7 Å². The van der Waals surface area contributed by atoms with Gasteiger partial charge in [0.25, 0.3) is 0 Å². The molecule has 8 nitrogen and oxygen atoms in total. The maximum absolute atomic E-state index is 14.5. The summed E-state index contributed by atoms with van der Waals surface area (Å²) in [4.78, 5) is 7.52. The lowest BCUT2D eigenvalue weighted by Gasteiger charge is -2.32. The van der Waals surface area contributed by atoms with Crippen LogP contribution in [0.2, 0.25) is 10.0 Å². The molecule has 2 heterocycles. The lowest BCUT2D eigenvalue weighted by atomic mass is 9.87. The summed E-state index contributed by atoms with van der Waals surface area (Å²) in [5.74, 6) is -0.923. The van der Waals surface area contributed by atoms with Gasteiger partial charge in [0.1, 0.15) is 35.6 Å². The van der Waals surface area contributed by atoms with Crippen molar-refractivity contribution in [3.8, 4) is 0 Å². The number of nitrogens with two attached hydrogens (primary N) is 1. The van der Waals surface area contributed by atoms with E-state index in [1.807, 2.05) is 0 Å². The third-order valence-electron chi connectivity index (χ3n) is 5.18. The molecule has 0 aliphatic carbocycles. The summed E-state index contributed by atoms with van der Waals surface area (Å²) in [6, 6.07) is 4.44. The second-order valence-electron chi connectivity index (χ2n) is 7.05. The van der Waals surface area contributed by atoms with E-state index in [-0.39, 0.29) is 27.3 Å². The number of ether oxygens (including phenoxy) is 1. The molecule has 162 valence electrons. The van der Waals surface area contributed by atoms with E-state index in [4.69, 9.17) is 33.7 Å². The van der Waals surface area contributed by atoms with Crippen LogP contribution in [0.5, 0.6) is 0 Å². The smallest absolute Gasteiger partial charge is 0.164 e. The Balaban J connectivity index is 2.02. The van der Waals surface area contributed by atoms with Crippen LogP contribution >= 0.6 is 23.2 Å². The average molecular weight is 459 g/mol. The number of aliphatic imine (C=N–C) groups is 2. The maximum atomic E-state index is 14.5. The monoisotopic (exact) mass is 458 g/mol. The number of benzene rings is 1. The highest BCUT2D eigenvalue weighted by molar-refractivity contribution is 6.42. The number of aromatic nitrogens is 1. The van der Waals surface area contributed by atoms with Crippen LogP contribution in [0.4, 0.5) is 10.2 Å². The van der Waals surface area contributed by atoms with E-state index < -0.39 is 36.0 Å². The van der Waals surface area contributed by atoms with Gasteiger partial charge in [-0.05, 0) is 31.3 Å². The van der Waals surface area contributed by atoms with Crippen molar-refractivity contribution in [3.63, 3.8) is 0 Å². The summed E-state index contributed by atoms with van der Waals surface area (Å²) in [6.45, 7) is 4.80. The van der Waals surface area contributed by atoms with Gasteiger partial charge >= 0.3 is 0 Å². The molecule has 11 heteroatoms. The maximum Gasteiger partial charge on any atom is 0.164 e. The molecule has 0 radical (unpaired) electrons. The summed E-state index contributed by atoms with van der Waals surface area (Å²) in [5, 5.41) is 32.8. The number of aliphatic hydroxyl groups excluding tert-OH is 2. The largest absolute Gasteiger partial charge is 0.387 e. The summed E-state index contributed by atoms with van der Waals surface area (Å²) in [7, 11) is 1.38. The molecule has 5 atom stereocenters. The number of halogens is 3. The number of rotatable bonds is 5. The molecule has 1 saturated heterocycles. The molecule has 1 aromatic heterocycles. The van der Waals surface area contributed by atoms with Gasteiger partial charge in [0.2, 0.25) is 0 Å². The fraction of sp³-hybridized carbons (Fsp3) is 0.368. The van der Waals surface area contributed by atoms with Crippen LogP contribution in [0.15, 0.2) is 34.4 Å². The molecule has 1 aliphatic heterocycles. The first-order valence-corrected chi connectivity index (χ1v) is 9.59. The number of hydrogen-bond acceptors (Lipinski definition) is 6. The molecule has 3 rings (SSSR count). The molecule has 5 N–H and O–H groups in total. The van der Waals surface area contributed by atoms with Gasteiger partial charge in [0, 0.05) is 13.2 Å². The first-order valence-electron chi connectivity index (χ1n) is 8.83. The highest BCUT2D eigenvalue weighted by atomic mass is 35.5. The molecule has 0 unspecified atom stereocenters. The molecular weight excluding hydrogens is 438 g/mol. The van der Waals surface area contributed by atoms with Gasteiger partial charge in [0.05, 0.1) is 15.6 Å². The molecule has 1 aromatic carbocycles. The summed E-state index contributed by atoms with van der Waals surface area (Å²) in [5.41, 5.74) is 4.15. The Morgan fingerprint density at radius 3 is 2.53 bits per heavy atom. The topological polar surface area (TPSA) is 126 Å². The summed E-state index contributed by atoms with van der Waals surface area (Å²) in [6.07, 6.45) is -4.62. The molecule has 0 spiro atoms. The van der Waals surface area contributed by atoms with E-state index in [1.54, 1.807) is 0 Å². The molecule has 1 aliphatic rings. The molecule has 0 saturated carbocycles. The second-order valence-corrected chi connectivity index (χ2v) is 7.87. The fourth-order valence-corrected chi connectivity index (χ4v) is 3.81. The van der Waals surface area contributed by atoms with Gasteiger partial charge < -0.3 is 30.4 Å². The van der Waals surface area contributed by atoms with Gasteiger partial charge in [-0.2, -0.15) is 0 Å². The van der Waals surface area contributed by atoms with Gasteiger partial charge in [-0.15, -0.1) is 0 Å². The van der Waals surface area contributed by atoms with Crippen molar-refractivity contribution in [1.82, 2.24) is 4.57 Å². The van der Waals surface area contributed by atoms with Crippen LogP contribution in [0.25, 0.3) is 0 Å². The SMILES string of the molecule is C=Nc1c(/C(N)=N\C)c(F)cn1[C@@H]1O[C@H]([C@](C)(O)c2ccc(Cl)c(Cl)c2)[C@@H](O)[C@H]1O. The van der Waals surface area contributed by atoms with Crippen molar-refractivity contribution in [2.75, 3.05) is 7.05 Å². The number of hydrogen-bond donors (Lipinski definition) is 4. The molecular formula is C19H21Cl2FN4O4. The van der Waals surface area contributed by atoms with Crippen LogP contribution in [-0.4, -0.2) is 57.8 Å². The Labute approximate surface area is 182 Å². The van der Waals surface area contributed by atoms with Crippen LogP contribution in [0.3, 0.4) is 0 Å². The zero-order valence-corrected chi connectivity index (χ0v) is 17.6. The van der Waals surface area contributed by atoms with E-state index in [9.17, 15) is 19.7 Å². The summed E-state index contributed by atoms with van der Waals surface area (Å²) >= 11 is 12.0. The number of nitrogens with zero attached hydrogens (tertiary/aromatic N) is 3. The van der Waals surface area contributed by atoms with E-state index in [1.165, 1.54) is 32.2 Å². The molecule has 30 heavy (non-hydrogen) atoms. The zero-order valence-electron chi connectivity index (χ0n) is 16.1. The van der Waals surface area contributed by atoms with E-state index in [0.717, 1.165) is 10.8 Å². The van der Waals surface area contributed by atoms with Gasteiger partial charge in [-0.25, -0.2) is 9.38 Å². The fourth-order valence-electron chi connectivity index (χ4n) is 3.52. The first kappa shape index (κ1) is 22.7. The lowest BCUT2D eigenvalue weighted by Crippen LogP contribution is -2.45. The molecule has 0 amide bonds. The Morgan fingerprint density at radius 1 is 1.30 bits per heavy atom. The first-order chi connectivity index (χ1) is 14.0.